The highest BCUT2D eigenvalue weighted by molar-refractivity contribution is 7.47. The van der Waals surface area contributed by atoms with Gasteiger partial charge in [-0.3, -0.25) is 23.4 Å². The number of rotatable bonds is 52. The maximum Gasteiger partial charge on any atom is 0.472 e. The molecule has 76 heavy (non-hydrogen) atoms. The van der Waals surface area contributed by atoms with Crippen molar-refractivity contribution >= 4 is 25.7 Å². The number of phosphoric ester groups is 1. The smallest absolute Gasteiger partial charge is 0.462 e. The second-order valence-electron chi connectivity index (χ2n) is 18.7. The molecular weight excluding hydrogens is 976 g/mol. The van der Waals surface area contributed by atoms with E-state index in [0.29, 0.717) is 19.3 Å². The highest BCUT2D eigenvalue weighted by atomic mass is 31.2. The zero-order valence-electron chi connectivity index (χ0n) is 47.4. The molecular formula is C64H103O11P. The Bertz CT molecular complexity index is 1780. The lowest BCUT2D eigenvalue weighted by Gasteiger charge is -2.21. The maximum atomic E-state index is 12.9. The number of unbranched alkanes of at least 4 members (excludes halogenated alkanes) is 13. The molecule has 430 valence electrons. The predicted octanol–water partition coefficient (Wildman–Crippen LogP) is 17.4. The van der Waals surface area contributed by atoms with Gasteiger partial charge in [0.2, 0.25) is 0 Å². The van der Waals surface area contributed by atoms with Crippen molar-refractivity contribution in [3.05, 3.63) is 134 Å². The fourth-order valence-electron chi connectivity index (χ4n) is 7.19. The highest BCUT2D eigenvalue weighted by Crippen LogP contribution is 2.43. The molecule has 0 rings (SSSR count). The molecule has 0 aliphatic heterocycles. The molecule has 0 radical (unpaired) electrons. The third kappa shape index (κ3) is 54.4. The molecule has 0 spiro atoms. The number of allylic oxidation sites excluding steroid dienone is 22. The summed E-state index contributed by atoms with van der Waals surface area (Å²) in [5.41, 5.74) is 0. The van der Waals surface area contributed by atoms with E-state index in [0.717, 1.165) is 122 Å². The molecule has 3 atom stereocenters. The highest BCUT2D eigenvalue weighted by Gasteiger charge is 2.28. The summed E-state index contributed by atoms with van der Waals surface area (Å²) in [6.45, 7) is 4.24. The number of esters is 3. The minimum absolute atomic E-state index is 0.0905. The van der Waals surface area contributed by atoms with Crippen LogP contribution in [0.4, 0.5) is 0 Å². The van der Waals surface area contributed by atoms with Gasteiger partial charge in [-0.25, -0.2) is 4.57 Å². The first-order chi connectivity index (χ1) is 37.2. The molecule has 0 heterocycles. The van der Waals surface area contributed by atoms with Crippen LogP contribution in [0.2, 0.25) is 0 Å². The van der Waals surface area contributed by atoms with E-state index in [1.54, 1.807) is 0 Å². The van der Waals surface area contributed by atoms with Gasteiger partial charge in [-0.15, -0.1) is 0 Å². The van der Waals surface area contributed by atoms with Crippen molar-refractivity contribution in [1.29, 1.82) is 0 Å². The van der Waals surface area contributed by atoms with Gasteiger partial charge in [0.25, 0.3) is 0 Å². The van der Waals surface area contributed by atoms with Crippen molar-refractivity contribution in [2.45, 2.75) is 226 Å². The lowest BCUT2D eigenvalue weighted by molar-refractivity contribution is -0.161. The molecule has 0 aliphatic carbocycles. The second kappa shape index (κ2) is 56.8. The number of carbonyl (C=O) groups excluding carboxylic acids is 3. The average molecular weight is 1080 g/mol. The SMILES string of the molecule is CC/C=C\C/C=C\C/C=C\C/C=C\C/C=C\C/C=C\CCC(=O)OCC(COP(=O)(O)OCC(CO)OC(=O)CCCCC/C=C\C/C=C\C/C=C\CC)OC(=O)CCCCCCCCC/C=C\C/C=C\CCCCC. The molecule has 0 aliphatic rings. The second-order valence-corrected chi connectivity index (χ2v) is 20.1. The van der Waals surface area contributed by atoms with Crippen LogP contribution in [0.15, 0.2) is 134 Å². The monoisotopic (exact) mass is 1080 g/mol. The first-order valence-electron chi connectivity index (χ1n) is 29.1. The van der Waals surface area contributed by atoms with Gasteiger partial charge >= 0.3 is 25.7 Å². The Morgan fingerprint density at radius 3 is 1.12 bits per heavy atom. The summed E-state index contributed by atoms with van der Waals surface area (Å²) in [6.07, 6.45) is 71.4. The van der Waals surface area contributed by atoms with Crippen LogP contribution in [0.3, 0.4) is 0 Å². The largest absolute Gasteiger partial charge is 0.472 e. The van der Waals surface area contributed by atoms with Crippen LogP contribution in [-0.4, -0.2) is 66.5 Å². The van der Waals surface area contributed by atoms with Gasteiger partial charge in [-0.05, 0) is 122 Å². The number of hydrogen-bond acceptors (Lipinski definition) is 10. The third-order valence-corrected chi connectivity index (χ3v) is 12.5. The Hall–Kier alpha value is -4.38. The van der Waals surface area contributed by atoms with Crippen LogP contribution in [0.25, 0.3) is 0 Å². The van der Waals surface area contributed by atoms with Gasteiger partial charge in [0.05, 0.1) is 19.8 Å². The molecule has 0 bridgehead atoms. The Balaban J connectivity index is 4.89. The van der Waals surface area contributed by atoms with E-state index in [4.69, 9.17) is 23.3 Å². The topological polar surface area (TPSA) is 155 Å². The van der Waals surface area contributed by atoms with Crippen molar-refractivity contribution in [2.24, 2.45) is 0 Å². The van der Waals surface area contributed by atoms with Gasteiger partial charge < -0.3 is 24.2 Å². The molecule has 0 fully saturated rings. The molecule has 12 heteroatoms. The normalized spacial score (nSPS) is 14.3. The summed E-state index contributed by atoms with van der Waals surface area (Å²) >= 11 is 0. The zero-order valence-corrected chi connectivity index (χ0v) is 48.3. The summed E-state index contributed by atoms with van der Waals surface area (Å²) in [4.78, 5) is 48.5. The van der Waals surface area contributed by atoms with E-state index in [9.17, 15) is 28.9 Å². The van der Waals surface area contributed by atoms with Crippen LogP contribution in [0.1, 0.15) is 213 Å². The molecule has 0 amide bonds. The van der Waals surface area contributed by atoms with Crippen LogP contribution in [-0.2, 0) is 42.2 Å². The van der Waals surface area contributed by atoms with Gasteiger partial charge in [0.15, 0.2) is 6.10 Å². The quantitative estimate of drug-likeness (QED) is 0.0197. The Morgan fingerprint density at radius 2 is 0.711 bits per heavy atom. The van der Waals surface area contributed by atoms with Gasteiger partial charge in [0, 0.05) is 19.3 Å². The standard InChI is InChI=1S/C64H103O11P/c1-4-7-10-13-16-19-22-25-27-29-30-32-33-36-38-41-44-47-50-53-62(66)71-57-61(75-64(68)55-52-49-46-43-40-37-34-31-28-26-23-20-17-14-11-8-5-2)59-73-76(69,70)72-58-60(56-65)74-63(67)54-51-48-45-42-39-35-24-21-18-15-12-9-6-3/h7,9-10,12,16-21,25-28,30,32,35-36,38-39,44,47,60-61,65H,4-6,8,11,13-15,22-24,29,31,33-34,37,40-43,45-46,48-59H2,1-3H3,(H,69,70)/b10-7-,12-9-,19-16-,20-17-,21-18-,27-25-,28-26-,32-30-,38-36-,39-35-,47-44-. The van der Waals surface area contributed by atoms with E-state index in [1.807, 2.05) is 12.2 Å². The van der Waals surface area contributed by atoms with E-state index in [1.165, 1.54) is 32.1 Å². The lowest BCUT2D eigenvalue weighted by atomic mass is 10.1. The zero-order chi connectivity index (χ0) is 55.5. The van der Waals surface area contributed by atoms with E-state index >= 15 is 0 Å². The van der Waals surface area contributed by atoms with Crippen LogP contribution in [0.5, 0.6) is 0 Å². The van der Waals surface area contributed by atoms with E-state index in [-0.39, 0.29) is 25.9 Å². The number of aliphatic hydroxyl groups is 1. The Labute approximate surface area is 461 Å². The molecule has 3 unspecified atom stereocenters. The van der Waals surface area contributed by atoms with E-state index in [2.05, 4.69) is 142 Å². The van der Waals surface area contributed by atoms with Crippen molar-refractivity contribution in [2.75, 3.05) is 26.4 Å². The van der Waals surface area contributed by atoms with Crippen molar-refractivity contribution in [3.63, 3.8) is 0 Å². The van der Waals surface area contributed by atoms with Crippen LogP contribution < -0.4 is 0 Å². The lowest BCUT2D eigenvalue weighted by Crippen LogP contribution is -2.30. The van der Waals surface area contributed by atoms with Crippen LogP contribution in [0, 0.1) is 0 Å². The van der Waals surface area contributed by atoms with Crippen molar-refractivity contribution < 1.29 is 52.2 Å². The Morgan fingerprint density at radius 1 is 0.382 bits per heavy atom. The minimum Gasteiger partial charge on any atom is -0.462 e. The molecule has 0 saturated heterocycles. The first-order valence-corrected chi connectivity index (χ1v) is 30.6. The number of ether oxygens (including phenoxy) is 3. The summed E-state index contributed by atoms with van der Waals surface area (Å²) in [5, 5.41) is 9.80. The molecule has 0 aromatic heterocycles. The van der Waals surface area contributed by atoms with Crippen molar-refractivity contribution in [3.8, 4) is 0 Å². The van der Waals surface area contributed by atoms with Gasteiger partial charge in [-0.1, -0.05) is 206 Å². The van der Waals surface area contributed by atoms with Gasteiger partial charge in [0.1, 0.15) is 12.7 Å². The molecule has 2 N–H and O–H groups in total. The van der Waals surface area contributed by atoms with Crippen LogP contribution >= 0.6 is 7.82 Å². The minimum atomic E-state index is -4.78. The number of carbonyl (C=O) groups is 3. The fraction of sp³-hybridized carbons (Fsp3) is 0.609. The maximum absolute atomic E-state index is 12.9. The number of aliphatic hydroxyl groups excluding tert-OH is 1. The third-order valence-electron chi connectivity index (χ3n) is 11.6. The van der Waals surface area contributed by atoms with E-state index < -0.39 is 57.8 Å². The number of hydrogen-bond donors (Lipinski definition) is 2. The van der Waals surface area contributed by atoms with Gasteiger partial charge in [-0.2, -0.15) is 0 Å². The Kier molecular flexibility index (Phi) is 53.5. The molecule has 0 saturated carbocycles. The first kappa shape index (κ1) is 71.6. The average Bonchev–Trinajstić information content (AvgIpc) is 3.41. The van der Waals surface area contributed by atoms with Crippen molar-refractivity contribution in [1.82, 2.24) is 0 Å². The summed E-state index contributed by atoms with van der Waals surface area (Å²) in [7, 11) is -4.78. The molecule has 11 nitrogen and oxygen atoms in total. The summed E-state index contributed by atoms with van der Waals surface area (Å²) in [6, 6.07) is 0. The summed E-state index contributed by atoms with van der Waals surface area (Å²) < 4.78 is 39.4. The molecule has 0 aromatic carbocycles. The fourth-order valence-corrected chi connectivity index (χ4v) is 7.97. The summed E-state index contributed by atoms with van der Waals surface area (Å²) in [5.74, 6) is -1.62. The number of phosphoric acid groups is 1. The predicted molar refractivity (Wildman–Crippen MR) is 316 cm³/mol. The molecule has 0 aromatic rings.